The largest absolute Gasteiger partial charge is 0.423 e. The summed E-state index contributed by atoms with van der Waals surface area (Å²) in [5.74, 6) is 0. The van der Waals surface area contributed by atoms with Gasteiger partial charge in [0.05, 0.1) is 0 Å². The lowest BCUT2D eigenvalue weighted by Crippen LogP contribution is -2.40. The highest BCUT2D eigenvalue weighted by Gasteiger charge is 2.23. The van der Waals surface area contributed by atoms with Gasteiger partial charge in [0, 0.05) is 19.1 Å². The standard InChI is InChI=1S/C14H19N3O/c15-10-11-6-2-1-5-9-17(11)14-16-12-7-3-4-8-13(12)18-14/h3-4,7-8,11H,1-2,5-6,9-10,15H2. The number of fused-ring (bicyclic) bond motifs is 1. The van der Waals surface area contributed by atoms with Crippen molar-refractivity contribution in [3.05, 3.63) is 24.3 Å². The Kier molecular flexibility index (Phi) is 3.19. The highest BCUT2D eigenvalue weighted by Crippen LogP contribution is 2.26. The number of rotatable bonds is 2. The summed E-state index contributed by atoms with van der Waals surface area (Å²) in [4.78, 5) is 6.82. The molecule has 2 aromatic rings. The molecule has 0 spiro atoms. The van der Waals surface area contributed by atoms with E-state index in [9.17, 15) is 0 Å². The van der Waals surface area contributed by atoms with E-state index in [-0.39, 0.29) is 0 Å². The van der Waals surface area contributed by atoms with Gasteiger partial charge in [-0.2, -0.15) is 4.98 Å². The smallest absolute Gasteiger partial charge is 0.298 e. The molecule has 2 N–H and O–H groups in total. The van der Waals surface area contributed by atoms with Gasteiger partial charge in [0.15, 0.2) is 5.58 Å². The van der Waals surface area contributed by atoms with E-state index in [1.54, 1.807) is 0 Å². The molecule has 1 aliphatic rings. The third kappa shape index (κ3) is 2.08. The van der Waals surface area contributed by atoms with Crippen LogP contribution in [0.2, 0.25) is 0 Å². The number of anilines is 1. The van der Waals surface area contributed by atoms with Gasteiger partial charge in [0.2, 0.25) is 0 Å². The van der Waals surface area contributed by atoms with Gasteiger partial charge in [0.1, 0.15) is 5.52 Å². The van der Waals surface area contributed by atoms with Crippen LogP contribution in [0.25, 0.3) is 11.1 Å². The van der Waals surface area contributed by atoms with Crippen molar-refractivity contribution in [2.24, 2.45) is 5.73 Å². The molecular formula is C14H19N3O. The van der Waals surface area contributed by atoms with E-state index in [2.05, 4.69) is 9.88 Å². The van der Waals surface area contributed by atoms with Crippen LogP contribution in [-0.2, 0) is 0 Å². The summed E-state index contributed by atoms with van der Waals surface area (Å²) in [7, 11) is 0. The number of hydrogen-bond acceptors (Lipinski definition) is 4. The Morgan fingerprint density at radius 3 is 3.00 bits per heavy atom. The molecular weight excluding hydrogens is 226 g/mol. The lowest BCUT2D eigenvalue weighted by atomic mass is 10.1. The second-order valence-electron chi connectivity index (χ2n) is 4.90. The first kappa shape index (κ1) is 11.5. The fourth-order valence-electron chi connectivity index (χ4n) is 2.66. The van der Waals surface area contributed by atoms with Gasteiger partial charge in [-0.3, -0.25) is 0 Å². The monoisotopic (exact) mass is 245 g/mol. The Labute approximate surface area is 107 Å². The molecule has 18 heavy (non-hydrogen) atoms. The van der Waals surface area contributed by atoms with Gasteiger partial charge in [-0.25, -0.2) is 0 Å². The van der Waals surface area contributed by atoms with Crippen LogP contribution in [-0.4, -0.2) is 24.1 Å². The lowest BCUT2D eigenvalue weighted by molar-refractivity contribution is 0.507. The predicted molar refractivity (Wildman–Crippen MR) is 72.7 cm³/mol. The Bertz CT molecular complexity index is 489. The number of oxazole rings is 1. The van der Waals surface area contributed by atoms with Crippen LogP contribution in [0.3, 0.4) is 0 Å². The lowest BCUT2D eigenvalue weighted by Gasteiger charge is -2.27. The quantitative estimate of drug-likeness (QED) is 0.883. The zero-order valence-electron chi connectivity index (χ0n) is 10.5. The van der Waals surface area contributed by atoms with E-state index >= 15 is 0 Å². The molecule has 3 rings (SSSR count). The summed E-state index contributed by atoms with van der Waals surface area (Å²) in [5.41, 5.74) is 7.66. The molecule has 0 saturated carbocycles. The van der Waals surface area contributed by atoms with E-state index in [0.717, 1.165) is 30.1 Å². The molecule has 1 aromatic carbocycles. The maximum absolute atomic E-state index is 5.88. The van der Waals surface area contributed by atoms with Gasteiger partial charge in [0.25, 0.3) is 6.01 Å². The fraction of sp³-hybridized carbons (Fsp3) is 0.500. The highest BCUT2D eigenvalue weighted by atomic mass is 16.4. The molecule has 4 heteroatoms. The Morgan fingerprint density at radius 1 is 1.28 bits per heavy atom. The van der Waals surface area contributed by atoms with Crippen LogP contribution in [0.15, 0.2) is 28.7 Å². The molecule has 0 amide bonds. The second-order valence-corrected chi connectivity index (χ2v) is 4.90. The molecule has 1 fully saturated rings. The van der Waals surface area contributed by atoms with Crippen LogP contribution < -0.4 is 10.6 Å². The van der Waals surface area contributed by atoms with Crippen LogP contribution in [0, 0.1) is 0 Å². The summed E-state index contributed by atoms with van der Waals surface area (Å²) in [6, 6.07) is 8.99. The minimum Gasteiger partial charge on any atom is -0.423 e. The molecule has 1 atom stereocenters. The number of hydrogen-bond donors (Lipinski definition) is 1. The van der Waals surface area contributed by atoms with Gasteiger partial charge in [-0.05, 0) is 25.0 Å². The summed E-state index contributed by atoms with van der Waals surface area (Å²) >= 11 is 0. The van der Waals surface area contributed by atoms with Crippen molar-refractivity contribution in [2.75, 3.05) is 18.0 Å². The van der Waals surface area contributed by atoms with Crippen molar-refractivity contribution < 1.29 is 4.42 Å². The van der Waals surface area contributed by atoms with Crippen molar-refractivity contribution in [1.82, 2.24) is 4.98 Å². The maximum Gasteiger partial charge on any atom is 0.298 e. The van der Waals surface area contributed by atoms with Crippen LogP contribution in [0.4, 0.5) is 6.01 Å². The molecule has 4 nitrogen and oxygen atoms in total. The Hall–Kier alpha value is -1.55. The summed E-state index contributed by atoms with van der Waals surface area (Å²) in [6.07, 6.45) is 4.84. The first-order valence-electron chi connectivity index (χ1n) is 6.71. The van der Waals surface area contributed by atoms with Gasteiger partial charge in [-0.1, -0.05) is 25.0 Å². The first-order valence-corrected chi connectivity index (χ1v) is 6.71. The summed E-state index contributed by atoms with van der Waals surface area (Å²) in [6.45, 7) is 1.66. The number of nitrogens with zero attached hydrogens (tertiary/aromatic N) is 2. The average Bonchev–Trinajstić information content (AvgIpc) is 2.68. The summed E-state index contributed by atoms with van der Waals surface area (Å²) in [5, 5.41) is 0. The van der Waals surface area contributed by atoms with Crippen LogP contribution in [0.5, 0.6) is 0 Å². The minimum absolute atomic E-state index is 0.362. The van der Waals surface area contributed by atoms with E-state index in [1.165, 1.54) is 19.3 Å². The maximum atomic E-state index is 5.88. The zero-order valence-corrected chi connectivity index (χ0v) is 10.5. The van der Waals surface area contributed by atoms with Gasteiger partial charge < -0.3 is 15.1 Å². The molecule has 1 aliphatic heterocycles. The van der Waals surface area contributed by atoms with E-state index < -0.39 is 0 Å². The Balaban J connectivity index is 1.95. The normalized spacial score (nSPS) is 21.2. The molecule has 0 radical (unpaired) electrons. The molecule has 2 heterocycles. The van der Waals surface area contributed by atoms with Gasteiger partial charge in [-0.15, -0.1) is 0 Å². The number of nitrogens with two attached hydrogens (primary N) is 1. The van der Waals surface area contributed by atoms with Crippen molar-refractivity contribution in [3.8, 4) is 0 Å². The third-order valence-electron chi connectivity index (χ3n) is 3.68. The molecule has 96 valence electrons. The molecule has 1 unspecified atom stereocenters. The minimum atomic E-state index is 0.362. The average molecular weight is 245 g/mol. The van der Waals surface area contributed by atoms with Crippen molar-refractivity contribution in [1.29, 1.82) is 0 Å². The first-order chi connectivity index (χ1) is 8.88. The van der Waals surface area contributed by atoms with E-state index in [4.69, 9.17) is 10.2 Å². The van der Waals surface area contributed by atoms with E-state index in [0.29, 0.717) is 12.6 Å². The topological polar surface area (TPSA) is 55.3 Å². The molecule has 1 aromatic heterocycles. The highest BCUT2D eigenvalue weighted by molar-refractivity contribution is 5.74. The van der Waals surface area contributed by atoms with Crippen molar-refractivity contribution in [2.45, 2.75) is 31.7 Å². The second kappa shape index (κ2) is 4.98. The van der Waals surface area contributed by atoms with Crippen LogP contribution in [0.1, 0.15) is 25.7 Å². The summed E-state index contributed by atoms with van der Waals surface area (Å²) < 4.78 is 5.85. The van der Waals surface area contributed by atoms with Crippen molar-refractivity contribution >= 4 is 17.1 Å². The molecule has 1 saturated heterocycles. The number of benzene rings is 1. The number of para-hydroxylation sites is 2. The number of aromatic nitrogens is 1. The Morgan fingerprint density at radius 2 is 2.17 bits per heavy atom. The fourth-order valence-corrected chi connectivity index (χ4v) is 2.66. The van der Waals surface area contributed by atoms with Gasteiger partial charge >= 0.3 is 0 Å². The molecule has 0 aliphatic carbocycles. The van der Waals surface area contributed by atoms with Crippen molar-refractivity contribution in [3.63, 3.8) is 0 Å². The van der Waals surface area contributed by atoms with Crippen LogP contribution >= 0.6 is 0 Å². The zero-order chi connectivity index (χ0) is 12.4. The molecule has 0 bridgehead atoms. The van der Waals surface area contributed by atoms with E-state index in [1.807, 2.05) is 24.3 Å². The SMILES string of the molecule is NCC1CCCCCN1c1nc2ccccc2o1. The predicted octanol–water partition coefficient (Wildman–Crippen LogP) is 2.54. The third-order valence-corrected chi connectivity index (χ3v) is 3.68.